The van der Waals surface area contributed by atoms with E-state index < -0.39 is 21.2 Å². The van der Waals surface area contributed by atoms with Gasteiger partial charge < -0.3 is 10.0 Å². The van der Waals surface area contributed by atoms with Crippen LogP contribution in [0.4, 0.5) is 11.5 Å². The summed E-state index contributed by atoms with van der Waals surface area (Å²) in [6.07, 6.45) is 1.37. The molecule has 1 aromatic rings. The summed E-state index contributed by atoms with van der Waals surface area (Å²) in [4.78, 5) is 16.9. The molecular weight excluding hydrogens is 282 g/mol. The minimum absolute atomic E-state index is 0.244. The predicted molar refractivity (Wildman–Crippen MR) is 77.4 cm³/mol. The number of aliphatic carboxylic acids is 1. The lowest BCUT2D eigenvalue weighted by atomic mass is 10.4. The van der Waals surface area contributed by atoms with E-state index in [-0.39, 0.29) is 5.69 Å². The summed E-state index contributed by atoms with van der Waals surface area (Å²) in [7, 11) is -3.96. The van der Waals surface area contributed by atoms with Crippen molar-refractivity contribution in [1.82, 2.24) is 4.98 Å². The Balaban J connectivity index is 2.88. The molecule has 0 spiro atoms. The number of pyridine rings is 1. The summed E-state index contributed by atoms with van der Waals surface area (Å²) in [5, 5.41) is 7.21. The molecule has 1 unspecified atom stereocenters. The molecule has 0 aliphatic rings. The molecule has 112 valence electrons. The molecular formula is C12H19N3O4S. The van der Waals surface area contributed by atoms with E-state index >= 15 is 0 Å². The van der Waals surface area contributed by atoms with E-state index in [1.54, 1.807) is 12.1 Å². The van der Waals surface area contributed by atoms with Gasteiger partial charge in [-0.25, -0.2) is 13.4 Å². The Morgan fingerprint density at radius 3 is 2.40 bits per heavy atom. The van der Waals surface area contributed by atoms with Gasteiger partial charge in [-0.1, -0.05) is 0 Å². The monoisotopic (exact) mass is 301 g/mol. The number of carboxylic acid groups (broad SMARTS) is 1. The topological polar surface area (TPSA) is 99.6 Å². The van der Waals surface area contributed by atoms with Crippen LogP contribution in [0.5, 0.6) is 0 Å². The Bertz CT molecular complexity index is 553. The van der Waals surface area contributed by atoms with Gasteiger partial charge in [0.25, 0.3) is 0 Å². The van der Waals surface area contributed by atoms with Gasteiger partial charge in [0.15, 0.2) is 5.25 Å². The Labute approximate surface area is 118 Å². The Morgan fingerprint density at radius 1 is 1.40 bits per heavy atom. The van der Waals surface area contributed by atoms with Gasteiger partial charge in [0.2, 0.25) is 10.0 Å². The second kappa shape index (κ2) is 6.56. The van der Waals surface area contributed by atoms with Crippen LogP contribution in [0.1, 0.15) is 20.8 Å². The number of hydrogen-bond acceptors (Lipinski definition) is 5. The molecule has 1 heterocycles. The molecule has 2 N–H and O–H groups in total. The average molecular weight is 301 g/mol. The first-order valence-electron chi connectivity index (χ1n) is 6.27. The van der Waals surface area contributed by atoms with Gasteiger partial charge in [0, 0.05) is 13.1 Å². The number of carboxylic acids is 1. The van der Waals surface area contributed by atoms with Crippen LogP contribution in [0.2, 0.25) is 0 Å². The average Bonchev–Trinajstić information content (AvgIpc) is 2.40. The second-order valence-corrected chi connectivity index (χ2v) is 6.21. The van der Waals surface area contributed by atoms with Gasteiger partial charge in [0.05, 0.1) is 11.9 Å². The molecule has 0 aromatic carbocycles. The van der Waals surface area contributed by atoms with Gasteiger partial charge >= 0.3 is 5.97 Å². The van der Waals surface area contributed by atoms with Gasteiger partial charge in [-0.05, 0) is 32.9 Å². The van der Waals surface area contributed by atoms with Crippen LogP contribution in [0, 0.1) is 0 Å². The molecule has 1 rings (SSSR count). The molecule has 0 aliphatic heterocycles. The third-order valence-electron chi connectivity index (χ3n) is 2.91. The molecule has 7 nitrogen and oxygen atoms in total. The van der Waals surface area contributed by atoms with Crippen LogP contribution in [0.25, 0.3) is 0 Å². The largest absolute Gasteiger partial charge is 0.480 e. The van der Waals surface area contributed by atoms with Crippen molar-refractivity contribution >= 4 is 27.5 Å². The molecule has 0 bridgehead atoms. The van der Waals surface area contributed by atoms with Crippen LogP contribution in [0.3, 0.4) is 0 Å². The van der Waals surface area contributed by atoms with E-state index in [1.165, 1.54) is 6.20 Å². The third-order valence-corrected chi connectivity index (χ3v) is 4.56. The summed E-state index contributed by atoms with van der Waals surface area (Å²) in [6.45, 7) is 6.70. The molecule has 0 radical (unpaired) electrons. The highest BCUT2D eigenvalue weighted by Gasteiger charge is 2.27. The quantitative estimate of drug-likeness (QED) is 0.783. The van der Waals surface area contributed by atoms with Crippen molar-refractivity contribution in [3.8, 4) is 0 Å². The number of aromatic nitrogens is 1. The number of sulfonamides is 1. The van der Waals surface area contributed by atoms with Gasteiger partial charge in [-0.3, -0.25) is 9.52 Å². The van der Waals surface area contributed by atoms with Crippen molar-refractivity contribution in [2.75, 3.05) is 22.7 Å². The van der Waals surface area contributed by atoms with Crippen LogP contribution < -0.4 is 9.62 Å². The van der Waals surface area contributed by atoms with Crippen LogP contribution >= 0.6 is 0 Å². The zero-order chi connectivity index (χ0) is 15.3. The highest BCUT2D eigenvalue weighted by atomic mass is 32.2. The lowest BCUT2D eigenvalue weighted by molar-refractivity contribution is -0.136. The number of hydrogen-bond donors (Lipinski definition) is 2. The Morgan fingerprint density at radius 2 is 2.00 bits per heavy atom. The van der Waals surface area contributed by atoms with Crippen molar-refractivity contribution in [3.63, 3.8) is 0 Å². The summed E-state index contributed by atoms with van der Waals surface area (Å²) < 4.78 is 25.7. The zero-order valence-corrected chi connectivity index (χ0v) is 12.5. The van der Waals surface area contributed by atoms with E-state index in [2.05, 4.69) is 9.71 Å². The van der Waals surface area contributed by atoms with Gasteiger partial charge in [-0.2, -0.15) is 0 Å². The molecule has 0 saturated carbocycles. The minimum atomic E-state index is -3.96. The standard InChI is InChI=1S/C12H19N3O4S/c1-4-15(5-2)11-7-6-10(8-13-11)14-20(18,19)9(3)12(16)17/h6-9,14H,4-5H2,1-3H3,(H,16,17). The number of nitrogens with one attached hydrogen (secondary N) is 1. The maximum atomic E-state index is 11.7. The maximum absolute atomic E-state index is 11.7. The predicted octanol–water partition coefficient (Wildman–Crippen LogP) is 1.14. The van der Waals surface area contributed by atoms with Crippen molar-refractivity contribution in [1.29, 1.82) is 0 Å². The fraction of sp³-hybridized carbons (Fsp3) is 0.500. The molecule has 1 aromatic heterocycles. The number of anilines is 2. The SMILES string of the molecule is CCN(CC)c1ccc(NS(=O)(=O)C(C)C(=O)O)cn1. The fourth-order valence-electron chi connectivity index (χ4n) is 1.57. The molecule has 20 heavy (non-hydrogen) atoms. The second-order valence-electron chi connectivity index (χ2n) is 4.20. The van der Waals surface area contributed by atoms with E-state index in [4.69, 9.17) is 5.11 Å². The van der Waals surface area contributed by atoms with Crippen LogP contribution in [-0.4, -0.2) is 42.8 Å². The van der Waals surface area contributed by atoms with Crippen molar-refractivity contribution in [3.05, 3.63) is 18.3 Å². The highest BCUT2D eigenvalue weighted by molar-refractivity contribution is 7.94. The number of nitrogens with zero attached hydrogens (tertiary/aromatic N) is 2. The van der Waals surface area contributed by atoms with Gasteiger partial charge in [-0.15, -0.1) is 0 Å². The Hall–Kier alpha value is -1.83. The lowest BCUT2D eigenvalue weighted by Crippen LogP contribution is -2.32. The molecule has 0 aliphatic carbocycles. The van der Waals surface area contributed by atoms with E-state index in [1.807, 2.05) is 18.7 Å². The first-order chi connectivity index (χ1) is 9.31. The fourth-order valence-corrected chi connectivity index (χ4v) is 2.46. The zero-order valence-electron chi connectivity index (χ0n) is 11.7. The van der Waals surface area contributed by atoms with E-state index in [9.17, 15) is 13.2 Å². The molecule has 0 amide bonds. The summed E-state index contributed by atoms with van der Waals surface area (Å²) in [5.41, 5.74) is 0.244. The van der Waals surface area contributed by atoms with E-state index in [0.717, 1.165) is 25.8 Å². The summed E-state index contributed by atoms with van der Waals surface area (Å²) in [5.74, 6) is -0.658. The summed E-state index contributed by atoms with van der Waals surface area (Å²) in [6, 6.07) is 3.25. The molecule has 0 saturated heterocycles. The summed E-state index contributed by atoms with van der Waals surface area (Å²) >= 11 is 0. The molecule has 0 fully saturated rings. The Kier molecular flexibility index (Phi) is 5.32. The molecule has 8 heteroatoms. The van der Waals surface area contributed by atoms with Gasteiger partial charge in [0.1, 0.15) is 5.82 Å². The van der Waals surface area contributed by atoms with Crippen molar-refractivity contribution < 1.29 is 18.3 Å². The maximum Gasteiger partial charge on any atom is 0.323 e. The third kappa shape index (κ3) is 3.83. The first-order valence-corrected chi connectivity index (χ1v) is 7.81. The number of carbonyl (C=O) groups is 1. The minimum Gasteiger partial charge on any atom is -0.480 e. The highest BCUT2D eigenvalue weighted by Crippen LogP contribution is 2.16. The van der Waals surface area contributed by atoms with Crippen LogP contribution in [0.15, 0.2) is 18.3 Å². The van der Waals surface area contributed by atoms with Crippen molar-refractivity contribution in [2.24, 2.45) is 0 Å². The normalized spacial score (nSPS) is 12.8. The lowest BCUT2D eigenvalue weighted by Gasteiger charge is -2.20. The first kappa shape index (κ1) is 16.2. The van der Waals surface area contributed by atoms with E-state index in [0.29, 0.717) is 0 Å². The smallest absolute Gasteiger partial charge is 0.323 e. The van der Waals surface area contributed by atoms with Crippen LogP contribution in [-0.2, 0) is 14.8 Å². The number of rotatable bonds is 7. The molecule has 1 atom stereocenters. The van der Waals surface area contributed by atoms with Crippen molar-refractivity contribution in [2.45, 2.75) is 26.0 Å².